The molecule has 3 amide bonds. The number of amides is 3. The molecule has 3 aromatic carbocycles. The van der Waals surface area contributed by atoms with Gasteiger partial charge < -0.3 is 25.3 Å². The molecule has 9 aromatic rings. The van der Waals surface area contributed by atoms with Crippen LogP contribution in [0.1, 0.15) is 84.6 Å². The second-order valence-electron chi connectivity index (χ2n) is 20.4. The molecule has 0 spiro atoms. The third-order valence-corrected chi connectivity index (χ3v) is 17.2. The van der Waals surface area contributed by atoms with Gasteiger partial charge in [0.1, 0.15) is 31.6 Å². The highest BCUT2D eigenvalue weighted by atomic mass is 79.9. The van der Waals surface area contributed by atoms with E-state index in [1.54, 1.807) is 75.6 Å². The number of aryl methyl sites for hydroxylation is 1. The predicted molar refractivity (Wildman–Crippen MR) is 343 cm³/mol. The van der Waals surface area contributed by atoms with Gasteiger partial charge in [-0.1, -0.05) is 138 Å². The van der Waals surface area contributed by atoms with Crippen LogP contribution in [0.2, 0.25) is 0 Å². The molecule has 25 heteroatoms. The summed E-state index contributed by atoms with van der Waals surface area (Å²) >= 11 is 7.17. The maximum atomic E-state index is 12.9. The van der Waals surface area contributed by atoms with E-state index in [1.807, 2.05) is 128 Å². The van der Waals surface area contributed by atoms with Gasteiger partial charge in [0.25, 0.3) is 0 Å². The normalized spacial score (nSPS) is 13.5. The van der Waals surface area contributed by atoms with E-state index in [2.05, 4.69) is 84.3 Å². The highest BCUT2D eigenvalue weighted by molar-refractivity contribution is 9.11. The van der Waals surface area contributed by atoms with Gasteiger partial charge in [-0.2, -0.15) is 0 Å². The van der Waals surface area contributed by atoms with E-state index in [4.69, 9.17) is 4.74 Å². The molecule has 2 aliphatic carbocycles. The first-order valence-corrected chi connectivity index (χ1v) is 31.6. The van der Waals surface area contributed by atoms with Crippen molar-refractivity contribution in [2.75, 3.05) is 16.0 Å². The lowest BCUT2D eigenvalue weighted by molar-refractivity contribution is -0.117. The van der Waals surface area contributed by atoms with E-state index in [0.717, 1.165) is 77.7 Å². The Morgan fingerprint density at radius 3 is 1.60 bits per heavy atom. The number of hydrogen-bond donors (Lipinski definition) is 3. The maximum absolute atomic E-state index is 12.9. The molecule has 450 valence electrons. The topological polar surface area (TPSA) is 261 Å². The Morgan fingerprint density at radius 2 is 1.10 bits per heavy atom. The lowest BCUT2D eigenvalue weighted by Crippen LogP contribution is -2.28. The van der Waals surface area contributed by atoms with E-state index < -0.39 is 20.6 Å². The molecule has 6 aromatic heterocycles. The number of benzene rings is 3. The molecule has 2 aliphatic rings. The summed E-state index contributed by atoms with van der Waals surface area (Å²) in [6, 6.07) is 44.5. The first-order chi connectivity index (χ1) is 42.0. The van der Waals surface area contributed by atoms with Crippen LogP contribution < -0.4 is 16.0 Å². The third kappa shape index (κ3) is 17.6. The molecule has 2 unspecified atom stereocenters. The summed E-state index contributed by atoms with van der Waals surface area (Å²) in [4.78, 5) is 76.4. The molecular formula is C62H66BrN15O6S3. The number of nitrogens with zero attached hydrogens (tertiary/aromatic N) is 12. The molecular weight excluding hydrogens is 1230 g/mol. The van der Waals surface area contributed by atoms with Gasteiger partial charge in [0.2, 0.25) is 28.8 Å². The molecule has 3 N–H and O–H groups in total. The first-order valence-electron chi connectivity index (χ1n) is 28.1. The van der Waals surface area contributed by atoms with Crippen molar-refractivity contribution in [2.45, 2.75) is 123 Å². The Balaban J connectivity index is 0.000000167. The number of hydrogen-bond acceptors (Lipinski definition) is 18. The molecule has 11 rings (SSSR count). The second-order valence-corrected chi connectivity index (χ2v) is 25.4. The summed E-state index contributed by atoms with van der Waals surface area (Å²) in [7, 11) is 0. The first kappa shape index (κ1) is 64.6. The molecule has 2 fully saturated rings. The van der Waals surface area contributed by atoms with Crippen molar-refractivity contribution in [3.63, 3.8) is 0 Å². The van der Waals surface area contributed by atoms with Crippen LogP contribution in [0.15, 0.2) is 173 Å². The molecule has 6 heterocycles. The molecule has 2 saturated carbocycles. The zero-order chi connectivity index (χ0) is 62.1. The van der Waals surface area contributed by atoms with Crippen LogP contribution in [-0.2, 0) is 25.7 Å². The summed E-state index contributed by atoms with van der Waals surface area (Å²) in [6.45, 7) is 15.5. The molecule has 2 atom stereocenters. The monoisotopic (exact) mass is 1290 g/mol. The molecule has 87 heavy (non-hydrogen) atoms. The average molecular weight is 1290 g/mol. The number of para-hydroxylation sites is 3. The number of anilines is 3. The fourth-order valence-corrected chi connectivity index (χ4v) is 12.0. The quantitative estimate of drug-likeness (QED) is 0.0565. The Kier molecular flexibility index (Phi) is 22.5. The van der Waals surface area contributed by atoms with Gasteiger partial charge in [0.05, 0.1) is 5.25 Å². The average Bonchev–Trinajstić information content (AvgIpc) is 1.93. The van der Waals surface area contributed by atoms with E-state index >= 15 is 0 Å². The highest BCUT2D eigenvalue weighted by Crippen LogP contribution is 2.52. The van der Waals surface area contributed by atoms with Crippen molar-refractivity contribution in [1.29, 1.82) is 0 Å². The Morgan fingerprint density at radius 1 is 0.609 bits per heavy atom. The largest absolute Gasteiger partial charge is 0.443 e. The minimum atomic E-state index is -0.723. The zero-order valence-corrected chi connectivity index (χ0v) is 53.2. The van der Waals surface area contributed by atoms with Gasteiger partial charge >= 0.3 is 6.09 Å². The summed E-state index contributed by atoms with van der Waals surface area (Å²) in [5, 5.41) is 35.2. The number of thioether (sulfide) groups is 3. The van der Waals surface area contributed by atoms with Gasteiger partial charge in [0, 0.05) is 48.6 Å². The smallest absolute Gasteiger partial charge is 0.422 e. The third-order valence-electron chi connectivity index (χ3n) is 12.6. The number of halogens is 1. The Bertz CT molecular complexity index is 3750. The molecule has 0 bridgehead atoms. The van der Waals surface area contributed by atoms with Crippen molar-refractivity contribution in [2.24, 2.45) is 5.92 Å². The molecule has 0 saturated heterocycles. The standard InChI is InChI=1S/C21H23N5OS.C20H20BrN5O3S.C19H17N5O2S.C2H6/c1-3-26-19(17-11-7-8-14(2)22-17)24-25-21(26)28-18(15-12-13-15)20(27)23-16-9-5-4-6-10-16;1-20(2,3)29-19(28)26-16(14-11-7-8-12-22-14)24-25-18(26)30-15(21)17(27)23-13-9-5-4-6-10-13;1-13(25)24-16(15-9-5-6-12-20-15)22-23-18(24)27-19(10-11-19)17(26)21-14-7-3-2-4-8-14;1-2/h4-11,15,18H,3,12-13H2,1-2H3,(H,23,27);4-12,15H,1-3H3,(H,23,27);2-9,12H,10-11H2,1H3,(H,21,26);1-2H3. The summed E-state index contributed by atoms with van der Waals surface area (Å²) in [6.07, 6.45) is 6.17. The van der Waals surface area contributed by atoms with Crippen LogP contribution in [0.3, 0.4) is 0 Å². The van der Waals surface area contributed by atoms with Crippen molar-refractivity contribution >= 4 is 98.0 Å². The SMILES string of the molecule is CC.CC(=O)n1c(SC2(C(=O)Nc3ccccc3)CC2)nnc1-c1ccccn1.CC(C)(C)OC(=O)n1c(SC(Br)C(=O)Nc2ccccc2)nnc1-c1ccccn1.CCn1c(SC(C(=O)Nc2ccccc2)C2CC2)nnc1-c1cccc(C)n1. The predicted octanol–water partition coefficient (Wildman–Crippen LogP) is 13.0. The minimum absolute atomic E-state index is 0.0274. The summed E-state index contributed by atoms with van der Waals surface area (Å²) in [5.74, 6) is 1.16. The zero-order valence-electron chi connectivity index (χ0n) is 49.2. The van der Waals surface area contributed by atoms with Crippen LogP contribution >= 0.6 is 51.2 Å². The van der Waals surface area contributed by atoms with E-state index in [-0.39, 0.29) is 39.9 Å². The summed E-state index contributed by atoms with van der Waals surface area (Å²) < 4.78 is 8.84. The van der Waals surface area contributed by atoms with Crippen LogP contribution in [0.4, 0.5) is 21.9 Å². The Labute approximate surface area is 525 Å². The van der Waals surface area contributed by atoms with E-state index in [9.17, 15) is 24.0 Å². The van der Waals surface area contributed by atoms with Gasteiger partial charge in [-0.05, 0) is 139 Å². The minimum Gasteiger partial charge on any atom is -0.443 e. The van der Waals surface area contributed by atoms with Gasteiger partial charge in [0.15, 0.2) is 27.8 Å². The maximum Gasteiger partial charge on any atom is 0.422 e. The number of aromatic nitrogens is 12. The van der Waals surface area contributed by atoms with E-state index in [0.29, 0.717) is 34.0 Å². The van der Waals surface area contributed by atoms with Crippen molar-refractivity contribution in [1.82, 2.24) is 59.2 Å². The van der Waals surface area contributed by atoms with Crippen LogP contribution in [0.5, 0.6) is 0 Å². The van der Waals surface area contributed by atoms with Gasteiger partial charge in [-0.3, -0.25) is 29.1 Å². The molecule has 0 radical (unpaired) electrons. The number of carbonyl (C=O) groups excluding carboxylic acids is 5. The van der Waals surface area contributed by atoms with Gasteiger partial charge in [-0.15, -0.1) is 30.6 Å². The fourth-order valence-electron chi connectivity index (χ4n) is 8.19. The highest BCUT2D eigenvalue weighted by Gasteiger charge is 2.52. The number of carbonyl (C=O) groups is 5. The lowest BCUT2D eigenvalue weighted by Gasteiger charge is -2.20. The fraction of sp³-hybridized carbons (Fsp3) is 0.290. The van der Waals surface area contributed by atoms with Crippen LogP contribution in [0.25, 0.3) is 34.6 Å². The van der Waals surface area contributed by atoms with Crippen LogP contribution in [0, 0.1) is 12.8 Å². The molecule has 21 nitrogen and oxygen atoms in total. The number of ether oxygens (including phenoxy) is 1. The summed E-state index contributed by atoms with van der Waals surface area (Å²) in [5.41, 5.74) is 4.28. The van der Waals surface area contributed by atoms with Crippen molar-refractivity contribution in [3.05, 3.63) is 164 Å². The van der Waals surface area contributed by atoms with Crippen molar-refractivity contribution in [3.8, 4) is 34.6 Å². The number of alkyl halides is 1. The van der Waals surface area contributed by atoms with Crippen LogP contribution in [-0.4, -0.2) is 109 Å². The number of nitrogens with one attached hydrogen (secondary N) is 3. The van der Waals surface area contributed by atoms with E-state index in [1.165, 1.54) is 39.6 Å². The lowest BCUT2D eigenvalue weighted by atomic mass is 10.2. The molecule has 0 aliphatic heterocycles. The van der Waals surface area contributed by atoms with Gasteiger partial charge in [-0.25, -0.2) is 18.9 Å². The second kappa shape index (κ2) is 30.3. The van der Waals surface area contributed by atoms with Crippen molar-refractivity contribution < 1.29 is 28.7 Å². The Hall–Kier alpha value is -8.39. The number of rotatable bonds is 17. The number of pyridine rings is 3.